The average molecular weight is 531 g/mol. The number of hydrogen-bond acceptors (Lipinski definition) is 13. The van der Waals surface area contributed by atoms with Gasteiger partial charge in [0.15, 0.2) is 17.4 Å². The Bertz CT molecular complexity index is 1160. The van der Waals surface area contributed by atoms with Crippen molar-refractivity contribution in [3.05, 3.63) is 6.33 Å². The number of nitrogen functional groups attached to an aromatic ring is 1. The van der Waals surface area contributed by atoms with Gasteiger partial charge in [-0.3, -0.25) is 18.7 Å². The number of aromatic nitrogens is 4. The second-order valence-corrected chi connectivity index (χ2v) is 10.2. The van der Waals surface area contributed by atoms with E-state index in [1.165, 1.54) is 39.1 Å². The van der Waals surface area contributed by atoms with Crippen molar-refractivity contribution in [2.45, 2.75) is 44.2 Å². The van der Waals surface area contributed by atoms with Crippen LogP contribution in [0.15, 0.2) is 6.33 Å². The average Bonchev–Trinajstić information content (AvgIpc) is 3.39. The Morgan fingerprint density at radius 3 is 2.72 bits per heavy atom. The van der Waals surface area contributed by atoms with Crippen LogP contribution in [-0.4, -0.2) is 88.8 Å². The van der Waals surface area contributed by atoms with Crippen LogP contribution in [0.3, 0.4) is 0 Å². The number of nitrogens with two attached hydrogens (primary N) is 1. The normalized spacial score (nSPS) is 24.3. The monoisotopic (exact) mass is 531 g/mol. The van der Waals surface area contributed by atoms with Crippen LogP contribution in [0.1, 0.15) is 26.5 Å². The number of imidazole rings is 1. The highest BCUT2D eigenvalue weighted by molar-refractivity contribution is 7.54. The fourth-order valence-corrected chi connectivity index (χ4v) is 5.25. The van der Waals surface area contributed by atoms with Crippen molar-refractivity contribution >= 4 is 36.7 Å². The van der Waals surface area contributed by atoms with Gasteiger partial charge in [0.2, 0.25) is 11.8 Å². The molecule has 2 aromatic rings. The second kappa shape index (κ2) is 11.0. The molecule has 200 valence electrons. The zero-order chi connectivity index (χ0) is 26.7. The van der Waals surface area contributed by atoms with E-state index in [1.807, 2.05) is 0 Å². The third-order valence-electron chi connectivity index (χ3n) is 5.37. The summed E-state index contributed by atoms with van der Waals surface area (Å²) in [4.78, 5) is 35.8. The van der Waals surface area contributed by atoms with Crippen molar-refractivity contribution in [1.82, 2.24) is 29.7 Å². The molecule has 1 unspecified atom stereocenters. The highest BCUT2D eigenvalue weighted by Crippen LogP contribution is 2.43. The standard InChI is InChI=1S/C19H30N7O9P/c1-10(16(28)33-5)25-36(30,22-7-12(27)31-3)34-8-11-6-19(2,29)17(35-11)26-9-21-13-14(26)23-18(20)24-15(13)32-4/h9-11,17,29H,6-8H2,1-5H3,(H2,20,23,24)(H2,22,25,30)/t10-,11-,17+,19+,36?/m0/s1. The summed E-state index contributed by atoms with van der Waals surface area (Å²) in [5.41, 5.74) is 4.96. The molecule has 0 spiro atoms. The predicted molar refractivity (Wildman–Crippen MR) is 124 cm³/mol. The van der Waals surface area contributed by atoms with Crippen LogP contribution in [0.4, 0.5) is 5.95 Å². The molecule has 36 heavy (non-hydrogen) atoms. The molecule has 1 aliphatic heterocycles. The molecule has 0 radical (unpaired) electrons. The molecular weight excluding hydrogens is 501 g/mol. The van der Waals surface area contributed by atoms with Crippen LogP contribution in [0.5, 0.6) is 5.88 Å². The molecule has 3 rings (SSSR count). The van der Waals surface area contributed by atoms with E-state index < -0.39 is 50.1 Å². The maximum Gasteiger partial charge on any atom is 0.342 e. The lowest BCUT2D eigenvalue weighted by Crippen LogP contribution is -2.39. The largest absolute Gasteiger partial charge is 0.479 e. The fourth-order valence-electron chi connectivity index (χ4n) is 3.66. The number of fused-ring (bicyclic) bond motifs is 1. The third kappa shape index (κ3) is 6.08. The number of ether oxygens (including phenoxy) is 4. The summed E-state index contributed by atoms with van der Waals surface area (Å²) in [6, 6.07) is -1.02. The first-order chi connectivity index (χ1) is 16.9. The minimum Gasteiger partial charge on any atom is -0.479 e. The van der Waals surface area contributed by atoms with E-state index >= 15 is 0 Å². The number of nitrogens with zero attached hydrogens (tertiary/aromatic N) is 4. The highest BCUT2D eigenvalue weighted by Gasteiger charge is 2.46. The van der Waals surface area contributed by atoms with Crippen molar-refractivity contribution < 1.29 is 42.7 Å². The maximum atomic E-state index is 13.3. The Morgan fingerprint density at radius 2 is 2.08 bits per heavy atom. The lowest BCUT2D eigenvalue weighted by Gasteiger charge is -2.25. The third-order valence-corrected chi connectivity index (χ3v) is 7.18. The molecule has 0 aromatic carbocycles. The molecule has 0 saturated carbocycles. The molecule has 0 bridgehead atoms. The maximum absolute atomic E-state index is 13.3. The quantitative estimate of drug-likeness (QED) is 0.212. The highest BCUT2D eigenvalue weighted by atomic mass is 31.2. The Labute approximate surface area is 206 Å². The Balaban J connectivity index is 1.77. The van der Waals surface area contributed by atoms with E-state index in [1.54, 1.807) is 6.92 Å². The minimum absolute atomic E-state index is 0.0537. The lowest BCUT2D eigenvalue weighted by atomic mass is 10.0. The molecule has 17 heteroatoms. The lowest BCUT2D eigenvalue weighted by molar-refractivity contribution is -0.142. The zero-order valence-electron chi connectivity index (χ0n) is 20.5. The van der Waals surface area contributed by atoms with Gasteiger partial charge in [0.25, 0.3) is 0 Å². The van der Waals surface area contributed by atoms with E-state index in [9.17, 15) is 19.3 Å². The van der Waals surface area contributed by atoms with Crippen molar-refractivity contribution in [2.24, 2.45) is 0 Å². The number of carbonyl (C=O) groups excluding carboxylic acids is 2. The first-order valence-electron chi connectivity index (χ1n) is 10.8. The SMILES string of the molecule is COC(=O)CNP(=O)(N[C@@H](C)C(=O)OC)OC[C@@H]1C[C@@](C)(O)[C@H](n2cnc3c(OC)nc(N)nc32)O1. The smallest absolute Gasteiger partial charge is 0.342 e. The molecule has 3 heterocycles. The van der Waals surface area contributed by atoms with Crippen molar-refractivity contribution in [3.63, 3.8) is 0 Å². The number of hydrogen-bond donors (Lipinski definition) is 4. The van der Waals surface area contributed by atoms with Gasteiger partial charge in [-0.15, -0.1) is 0 Å². The van der Waals surface area contributed by atoms with E-state index in [-0.39, 0.29) is 30.5 Å². The van der Waals surface area contributed by atoms with Crippen LogP contribution in [0.2, 0.25) is 0 Å². The summed E-state index contributed by atoms with van der Waals surface area (Å²) in [6.45, 7) is 2.25. The molecule has 1 aliphatic rings. The summed E-state index contributed by atoms with van der Waals surface area (Å²) >= 11 is 0. The molecule has 16 nitrogen and oxygen atoms in total. The molecule has 0 aliphatic carbocycles. The van der Waals surface area contributed by atoms with Crippen LogP contribution in [-0.2, 0) is 32.9 Å². The van der Waals surface area contributed by atoms with Crippen LogP contribution in [0.25, 0.3) is 11.2 Å². The van der Waals surface area contributed by atoms with E-state index in [4.69, 9.17) is 19.7 Å². The van der Waals surface area contributed by atoms with Gasteiger partial charge in [-0.05, 0) is 13.8 Å². The van der Waals surface area contributed by atoms with E-state index in [0.717, 1.165) is 0 Å². The molecule has 5 N–H and O–H groups in total. The first-order valence-corrected chi connectivity index (χ1v) is 12.4. The number of anilines is 1. The summed E-state index contributed by atoms with van der Waals surface area (Å²) in [7, 11) is -0.215. The Hall–Kier alpha value is -2.88. The number of aliphatic hydroxyl groups is 1. The molecule has 0 amide bonds. The molecular formula is C19H30N7O9P. The van der Waals surface area contributed by atoms with Crippen molar-refractivity contribution in [3.8, 4) is 5.88 Å². The van der Waals surface area contributed by atoms with Gasteiger partial charge in [0.05, 0.1) is 40.4 Å². The fraction of sp³-hybridized carbons (Fsp3) is 0.632. The van der Waals surface area contributed by atoms with Gasteiger partial charge >= 0.3 is 19.6 Å². The zero-order valence-corrected chi connectivity index (χ0v) is 21.4. The molecule has 1 saturated heterocycles. The van der Waals surface area contributed by atoms with Crippen molar-refractivity contribution in [2.75, 3.05) is 40.2 Å². The number of nitrogens with one attached hydrogen (secondary N) is 2. The van der Waals surface area contributed by atoms with Gasteiger partial charge in [0, 0.05) is 6.42 Å². The van der Waals surface area contributed by atoms with Crippen LogP contribution in [0, 0.1) is 0 Å². The molecule has 1 fully saturated rings. The number of carbonyl (C=O) groups is 2. The van der Waals surface area contributed by atoms with Crippen molar-refractivity contribution in [1.29, 1.82) is 0 Å². The van der Waals surface area contributed by atoms with Gasteiger partial charge in [-0.1, -0.05) is 0 Å². The summed E-state index contributed by atoms with van der Waals surface area (Å²) < 4.78 is 40.8. The predicted octanol–water partition coefficient (Wildman–Crippen LogP) is -0.506. The number of rotatable bonds is 11. The van der Waals surface area contributed by atoms with Gasteiger partial charge < -0.3 is 34.3 Å². The minimum atomic E-state index is -3.98. The number of methoxy groups -OCH3 is 3. The van der Waals surface area contributed by atoms with Gasteiger partial charge in [0.1, 0.15) is 18.2 Å². The van der Waals surface area contributed by atoms with Gasteiger partial charge in [-0.25, -0.2) is 15.2 Å². The van der Waals surface area contributed by atoms with E-state index in [2.05, 4.69) is 34.6 Å². The summed E-state index contributed by atoms with van der Waals surface area (Å²) in [6.07, 6.45) is -0.212. The van der Waals surface area contributed by atoms with Crippen LogP contribution >= 0.6 is 7.67 Å². The van der Waals surface area contributed by atoms with Crippen LogP contribution < -0.4 is 20.6 Å². The molecule has 5 atom stereocenters. The number of esters is 2. The topological polar surface area (TPSA) is 211 Å². The Morgan fingerprint density at radius 1 is 1.36 bits per heavy atom. The van der Waals surface area contributed by atoms with E-state index in [0.29, 0.717) is 5.52 Å². The molecule has 2 aromatic heterocycles. The first kappa shape index (κ1) is 27.7. The second-order valence-electron chi connectivity index (χ2n) is 8.22. The summed E-state index contributed by atoms with van der Waals surface area (Å²) in [5.74, 6) is -1.28. The van der Waals surface area contributed by atoms with Gasteiger partial charge in [-0.2, -0.15) is 9.97 Å². The Kier molecular flexibility index (Phi) is 8.48. The summed E-state index contributed by atoms with van der Waals surface area (Å²) in [5, 5.41) is 16.0.